The van der Waals surface area contributed by atoms with Gasteiger partial charge in [0.05, 0.1) is 0 Å². The van der Waals surface area contributed by atoms with Crippen LogP contribution in [0.15, 0.2) is 60.7 Å². The van der Waals surface area contributed by atoms with Gasteiger partial charge in [0.1, 0.15) is 5.75 Å². The maximum Gasteiger partial charge on any atom is 0.336 e. The van der Waals surface area contributed by atoms with Crippen molar-refractivity contribution in [2.24, 2.45) is 0 Å². The smallest absolute Gasteiger partial charge is 0.336 e. The van der Waals surface area contributed by atoms with Crippen molar-refractivity contribution >= 4 is 12.0 Å². The molecule has 0 amide bonds. The van der Waals surface area contributed by atoms with Gasteiger partial charge in [-0.1, -0.05) is 56.3 Å². The third kappa shape index (κ3) is 4.09. The summed E-state index contributed by atoms with van der Waals surface area (Å²) < 4.78 is 5.25. The van der Waals surface area contributed by atoms with Gasteiger partial charge in [-0.3, -0.25) is 0 Å². The number of esters is 1. The maximum atomic E-state index is 11.7. The lowest BCUT2D eigenvalue weighted by atomic mass is 10.0. The van der Waals surface area contributed by atoms with Crippen molar-refractivity contribution in [1.29, 1.82) is 0 Å². The molecule has 0 aliphatic rings. The molecule has 0 radical (unpaired) electrons. The average molecular weight is 266 g/mol. The van der Waals surface area contributed by atoms with Gasteiger partial charge in [0, 0.05) is 6.08 Å². The number of hydrogen-bond donors (Lipinski definition) is 0. The fourth-order valence-corrected chi connectivity index (χ4v) is 1.80. The van der Waals surface area contributed by atoms with Crippen LogP contribution in [0, 0.1) is 0 Å². The summed E-state index contributed by atoms with van der Waals surface area (Å²) in [4.78, 5) is 11.7. The first-order valence-electron chi connectivity index (χ1n) is 6.70. The molecule has 2 aromatic carbocycles. The topological polar surface area (TPSA) is 26.3 Å². The SMILES string of the molecule is CC(C)c1ccc(OC(=O)/C=C/c2ccccc2)cc1. The highest BCUT2D eigenvalue weighted by Gasteiger charge is 2.02. The third-order valence-electron chi connectivity index (χ3n) is 2.98. The van der Waals surface area contributed by atoms with Gasteiger partial charge in [-0.25, -0.2) is 4.79 Å². The normalized spacial score (nSPS) is 10.9. The first kappa shape index (κ1) is 14.1. The predicted molar refractivity (Wildman–Crippen MR) is 81.6 cm³/mol. The molecule has 20 heavy (non-hydrogen) atoms. The van der Waals surface area contributed by atoms with E-state index in [1.807, 2.05) is 54.6 Å². The summed E-state index contributed by atoms with van der Waals surface area (Å²) in [5, 5.41) is 0. The molecule has 0 bridgehead atoms. The van der Waals surface area contributed by atoms with E-state index in [1.165, 1.54) is 11.6 Å². The molecule has 0 aliphatic carbocycles. The number of hydrogen-bond acceptors (Lipinski definition) is 2. The fourth-order valence-electron chi connectivity index (χ4n) is 1.80. The number of carbonyl (C=O) groups excluding carboxylic acids is 1. The van der Waals surface area contributed by atoms with Crippen LogP contribution in [0.4, 0.5) is 0 Å². The van der Waals surface area contributed by atoms with Crippen molar-refractivity contribution < 1.29 is 9.53 Å². The number of benzene rings is 2. The summed E-state index contributed by atoms with van der Waals surface area (Å²) in [5.74, 6) is 0.668. The van der Waals surface area contributed by atoms with Gasteiger partial charge in [-0.2, -0.15) is 0 Å². The predicted octanol–water partition coefficient (Wildman–Crippen LogP) is 4.43. The van der Waals surface area contributed by atoms with Crippen LogP contribution in [0.3, 0.4) is 0 Å². The van der Waals surface area contributed by atoms with Crippen LogP contribution in [0.5, 0.6) is 5.75 Å². The number of ether oxygens (including phenoxy) is 1. The van der Waals surface area contributed by atoms with Crippen LogP contribution in [-0.4, -0.2) is 5.97 Å². The summed E-state index contributed by atoms with van der Waals surface area (Å²) in [6.07, 6.45) is 3.18. The zero-order valence-electron chi connectivity index (χ0n) is 11.7. The minimum absolute atomic E-state index is 0.369. The van der Waals surface area contributed by atoms with Crippen molar-refractivity contribution in [2.45, 2.75) is 19.8 Å². The zero-order chi connectivity index (χ0) is 14.4. The lowest BCUT2D eigenvalue weighted by Gasteiger charge is -2.06. The van der Waals surface area contributed by atoms with Gasteiger partial charge in [0.2, 0.25) is 0 Å². The molecule has 0 N–H and O–H groups in total. The molecule has 0 aliphatic heterocycles. The van der Waals surface area contributed by atoms with Crippen molar-refractivity contribution in [1.82, 2.24) is 0 Å². The molecule has 0 spiro atoms. The molecule has 2 nitrogen and oxygen atoms in total. The van der Waals surface area contributed by atoms with Crippen molar-refractivity contribution in [2.75, 3.05) is 0 Å². The molecular weight excluding hydrogens is 248 g/mol. The average Bonchev–Trinajstić information content (AvgIpc) is 2.47. The van der Waals surface area contributed by atoms with Gasteiger partial charge in [0.15, 0.2) is 0 Å². The zero-order valence-corrected chi connectivity index (χ0v) is 11.7. The summed E-state index contributed by atoms with van der Waals surface area (Å²) in [6.45, 7) is 4.26. The molecule has 0 fully saturated rings. The van der Waals surface area contributed by atoms with Crippen LogP contribution >= 0.6 is 0 Å². The van der Waals surface area contributed by atoms with Gasteiger partial charge in [0.25, 0.3) is 0 Å². The van der Waals surface area contributed by atoms with Gasteiger partial charge >= 0.3 is 5.97 Å². The van der Waals surface area contributed by atoms with Crippen LogP contribution < -0.4 is 4.74 Å². The highest BCUT2D eigenvalue weighted by atomic mass is 16.5. The standard InChI is InChI=1S/C18H18O2/c1-14(2)16-9-11-17(12-10-16)20-18(19)13-8-15-6-4-3-5-7-15/h3-14H,1-2H3/b13-8+. The Kier molecular flexibility index (Phi) is 4.72. The van der Waals surface area contributed by atoms with Crippen molar-refractivity contribution in [3.05, 3.63) is 71.8 Å². The Labute approximate surface area is 119 Å². The Morgan fingerprint density at radius 1 is 1.00 bits per heavy atom. The third-order valence-corrected chi connectivity index (χ3v) is 2.98. The van der Waals surface area contributed by atoms with Crippen molar-refractivity contribution in [3.63, 3.8) is 0 Å². The molecular formula is C18H18O2. The summed E-state index contributed by atoms with van der Waals surface area (Å²) in [6, 6.07) is 17.3. The monoisotopic (exact) mass is 266 g/mol. The van der Waals surface area contributed by atoms with Gasteiger partial charge in [-0.05, 0) is 35.3 Å². The van der Waals surface area contributed by atoms with Crippen LogP contribution in [0.2, 0.25) is 0 Å². The van der Waals surface area contributed by atoms with Crippen molar-refractivity contribution in [3.8, 4) is 5.75 Å². The van der Waals surface area contributed by atoms with E-state index in [0.29, 0.717) is 11.7 Å². The van der Waals surface area contributed by atoms with Gasteiger partial charge < -0.3 is 4.74 Å². The molecule has 2 rings (SSSR count). The maximum absolute atomic E-state index is 11.7. The quantitative estimate of drug-likeness (QED) is 0.465. The Morgan fingerprint density at radius 2 is 1.65 bits per heavy atom. The molecule has 2 aromatic rings. The van der Waals surface area contributed by atoms with E-state index in [4.69, 9.17) is 4.74 Å². The van der Waals surface area contributed by atoms with E-state index < -0.39 is 0 Å². The summed E-state index contributed by atoms with van der Waals surface area (Å²) in [7, 11) is 0. The van der Waals surface area contributed by atoms with Crippen LogP contribution in [0.1, 0.15) is 30.9 Å². The van der Waals surface area contributed by atoms with E-state index in [2.05, 4.69) is 13.8 Å². The minimum atomic E-state index is -0.369. The van der Waals surface area contributed by atoms with E-state index in [1.54, 1.807) is 6.08 Å². The van der Waals surface area contributed by atoms with Gasteiger partial charge in [-0.15, -0.1) is 0 Å². The number of rotatable bonds is 4. The number of carbonyl (C=O) groups is 1. The van der Waals surface area contributed by atoms with E-state index in [0.717, 1.165) is 5.56 Å². The molecule has 102 valence electrons. The largest absolute Gasteiger partial charge is 0.423 e. The van der Waals surface area contributed by atoms with Crippen LogP contribution in [-0.2, 0) is 4.79 Å². The Bertz CT molecular complexity index is 581. The second-order valence-electron chi connectivity index (χ2n) is 4.89. The highest BCUT2D eigenvalue weighted by molar-refractivity contribution is 5.88. The molecule has 0 atom stereocenters. The first-order chi connectivity index (χ1) is 9.65. The second-order valence-corrected chi connectivity index (χ2v) is 4.89. The molecule has 0 saturated heterocycles. The van der Waals surface area contributed by atoms with E-state index in [-0.39, 0.29) is 5.97 Å². The molecule has 2 heteroatoms. The Morgan fingerprint density at radius 3 is 2.25 bits per heavy atom. The molecule has 0 aromatic heterocycles. The fraction of sp³-hybridized carbons (Fsp3) is 0.167. The lowest BCUT2D eigenvalue weighted by Crippen LogP contribution is -2.03. The first-order valence-corrected chi connectivity index (χ1v) is 6.70. The van der Waals surface area contributed by atoms with E-state index in [9.17, 15) is 4.79 Å². The molecule has 0 unspecified atom stereocenters. The summed E-state index contributed by atoms with van der Waals surface area (Å²) in [5.41, 5.74) is 2.20. The summed E-state index contributed by atoms with van der Waals surface area (Å²) >= 11 is 0. The molecule has 0 saturated carbocycles. The highest BCUT2D eigenvalue weighted by Crippen LogP contribution is 2.18. The Balaban J connectivity index is 1.96. The van der Waals surface area contributed by atoms with E-state index >= 15 is 0 Å². The van der Waals surface area contributed by atoms with Crippen LogP contribution in [0.25, 0.3) is 6.08 Å². The minimum Gasteiger partial charge on any atom is -0.423 e. The lowest BCUT2D eigenvalue weighted by molar-refractivity contribution is -0.128. The second kappa shape index (κ2) is 6.71. The Hall–Kier alpha value is -2.35. The molecule has 0 heterocycles.